The molecule has 0 saturated carbocycles. The fraction of sp³-hybridized carbons (Fsp3) is 0.0385. The minimum atomic E-state index is 0. The monoisotopic (exact) mass is 951 g/mol. The summed E-state index contributed by atoms with van der Waals surface area (Å²) in [5.41, 5.74) is 14.7. The Balaban J connectivity index is 0.000000306. The normalized spacial score (nSPS) is 11.0. The Bertz CT molecular complexity index is 3190. The van der Waals surface area contributed by atoms with Gasteiger partial charge in [0.2, 0.25) is 5.78 Å². The van der Waals surface area contributed by atoms with Gasteiger partial charge in [0.15, 0.2) is 0 Å². The summed E-state index contributed by atoms with van der Waals surface area (Å²) in [5.74, 6) is 1.83. The Labute approximate surface area is 361 Å². The molecule has 11 aromatic rings. The first-order valence-electron chi connectivity index (χ1n) is 19.5. The maximum atomic E-state index is 5.23. The average Bonchev–Trinajstić information content (AvgIpc) is 4.00. The van der Waals surface area contributed by atoms with Crippen LogP contribution in [0.2, 0.25) is 0 Å². The maximum Gasteiger partial charge on any atom is 3.00 e. The van der Waals surface area contributed by atoms with Crippen LogP contribution in [0.5, 0.6) is 0 Å². The van der Waals surface area contributed by atoms with Crippen LogP contribution in [0.25, 0.3) is 78.6 Å². The van der Waals surface area contributed by atoms with Gasteiger partial charge < -0.3 is 14.5 Å². The first kappa shape index (κ1) is 38.3. The fourth-order valence-corrected chi connectivity index (χ4v) is 7.75. The molecule has 0 radical (unpaired) electrons. The quantitative estimate of drug-likeness (QED) is 0.149. The van der Waals surface area contributed by atoms with Gasteiger partial charge in [-0.1, -0.05) is 65.7 Å². The van der Waals surface area contributed by atoms with Crippen LogP contribution in [0.1, 0.15) is 11.1 Å². The van der Waals surface area contributed by atoms with Crippen LogP contribution in [0, 0.1) is 18.2 Å². The molecule has 6 aromatic carbocycles. The second kappa shape index (κ2) is 16.9. The maximum absolute atomic E-state index is 5.23. The number of aromatic nitrogens is 7. The Hall–Kier alpha value is -7.25. The molecule has 0 aliphatic carbocycles. The van der Waals surface area contributed by atoms with E-state index in [1.54, 1.807) is 6.20 Å². The molecule has 60 heavy (non-hydrogen) atoms. The van der Waals surface area contributed by atoms with Gasteiger partial charge in [-0.3, -0.25) is 14.0 Å². The predicted octanol–water partition coefficient (Wildman–Crippen LogP) is 11.3. The van der Waals surface area contributed by atoms with Crippen LogP contribution in [0.3, 0.4) is 0 Å². The molecule has 0 aliphatic heterocycles. The van der Waals surface area contributed by atoms with Crippen molar-refractivity contribution in [1.82, 2.24) is 33.5 Å². The molecular weight excluding hydrogens is 915 g/mol. The van der Waals surface area contributed by atoms with Gasteiger partial charge in [-0.25, -0.2) is 4.98 Å². The van der Waals surface area contributed by atoms with Crippen LogP contribution < -0.4 is 0 Å². The van der Waals surface area contributed by atoms with E-state index in [1.165, 1.54) is 5.56 Å². The summed E-state index contributed by atoms with van der Waals surface area (Å²) in [6, 6.07) is 65.7. The Morgan fingerprint density at radius 1 is 0.583 bits per heavy atom. The molecule has 0 saturated heterocycles. The number of imidazole rings is 3. The molecule has 5 aromatic heterocycles. The second-order valence-corrected chi connectivity index (χ2v) is 14.2. The number of pyridine rings is 2. The first-order valence-corrected chi connectivity index (χ1v) is 19.5. The predicted molar refractivity (Wildman–Crippen MR) is 236 cm³/mol. The van der Waals surface area contributed by atoms with Gasteiger partial charge in [0.05, 0.1) is 27.9 Å². The zero-order valence-corrected chi connectivity index (χ0v) is 35.0. The van der Waals surface area contributed by atoms with Crippen molar-refractivity contribution < 1.29 is 20.1 Å². The Kier molecular flexibility index (Phi) is 10.8. The van der Waals surface area contributed by atoms with Crippen molar-refractivity contribution in [3.05, 3.63) is 218 Å². The summed E-state index contributed by atoms with van der Waals surface area (Å²) in [7, 11) is 1.98. The smallest absolute Gasteiger partial charge is 0.373 e. The summed E-state index contributed by atoms with van der Waals surface area (Å²) >= 11 is 0. The molecule has 0 spiro atoms. The third-order valence-corrected chi connectivity index (χ3v) is 10.5. The van der Waals surface area contributed by atoms with Gasteiger partial charge in [0, 0.05) is 37.5 Å². The zero-order chi connectivity index (χ0) is 39.5. The van der Waals surface area contributed by atoms with E-state index in [4.69, 9.17) is 9.97 Å². The Morgan fingerprint density at radius 3 is 2.13 bits per heavy atom. The number of fused-ring (bicyclic) bond motifs is 5. The molecule has 0 fully saturated rings. The molecule has 0 atom stereocenters. The van der Waals surface area contributed by atoms with E-state index < -0.39 is 0 Å². The Morgan fingerprint density at radius 2 is 1.37 bits per heavy atom. The number of nitrogens with zero attached hydrogens (tertiary/aromatic N) is 7. The van der Waals surface area contributed by atoms with Gasteiger partial charge >= 0.3 is 20.1 Å². The minimum absolute atomic E-state index is 0. The average molecular weight is 951 g/mol. The van der Waals surface area contributed by atoms with Crippen LogP contribution in [0.15, 0.2) is 189 Å². The van der Waals surface area contributed by atoms with Crippen molar-refractivity contribution in [3.63, 3.8) is 0 Å². The van der Waals surface area contributed by atoms with E-state index in [-0.39, 0.29) is 20.1 Å². The van der Waals surface area contributed by atoms with E-state index in [0.29, 0.717) is 0 Å². The van der Waals surface area contributed by atoms with Crippen LogP contribution >= 0.6 is 0 Å². The third-order valence-electron chi connectivity index (χ3n) is 10.5. The number of hydrogen-bond donors (Lipinski definition) is 0. The number of rotatable bonds is 7. The molecule has 0 unspecified atom stereocenters. The molecule has 7 nitrogen and oxygen atoms in total. The zero-order valence-electron chi connectivity index (χ0n) is 32.6. The summed E-state index contributed by atoms with van der Waals surface area (Å²) < 4.78 is 6.56. The summed E-state index contributed by atoms with van der Waals surface area (Å²) in [5, 5.41) is 0. The fourth-order valence-electron chi connectivity index (χ4n) is 7.75. The first-order chi connectivity index (χ1) is 29.2. The number of aryl methyl sites for hydroxylation is 1. The van der Waals surface area contributed by atoms with Crippen molar-refractivity contribution in [1.29, 1.82) is 0 Å². The number of benzene rings is 6. The van der Waals surface area contributed by atoms with Gasteiger partial charge in [-0.2, -0.15) is 0 Å². The topological polar surface area (TPSA) is 65.8 Å². The van der Waals surface area contributed by atoms with Crippen molar-refractivity contribution in [2.75, 3.05) is 0 Å². The molecular formula is C52H36IrN7. The molecule has 5 heterocycles. The van der Waals surface area contributed by atoms with Crippen LogP contribution in [0.4, 0.5) is 0 Å². The van der Waals surface area contributed by atoms with Crippen LogP contribution in [-0.4, -0.2) is 33.5 Å². The standard InChI is InChI=1S/C42H27N5.C10H9N2.Ir/c1-3-12-30(13-4-1)40-33(16-11-25-44-40)26-29-22-23-37-39(27-29)47-41-35(31-14-9-15-32(28-31)36-20-7-8-24-43-36)19-10-21-38(41)46(42(47)45-37)34-17-5-2-6-18-34;1-12-8-7-11-10(12)9-5-3-2-4-6-9;/h1-12,14,16-25,27-28H,26H2;2-5,7-8H,1H3;/q-2;-1;+3. The molecule has 0 N–H and O–H groups in total. The minimum Gasteiger partial charge on any atom is -0.373 e. The van der Waals surface area contributed by atoms with Crippen molar-refractivity contribution in [3.8, 4) is 50.7 Å². The molecule has 8 heteroatoms. The van der Waals surface area contributed by atoms with Crippen molar-refractivity contribution in [2.24, 2.45) is 7.05 Å². The van der Waals surface area contributed by atoms with E-state index in [0.717, 1.165) is 90.5 Å². The third kappa shape index (κ3) is 7.35. The van der Waals surface area contributed by atoms with Gasteiger partial charge in [0.25, 0.3) is 0 Å². The molecule has 0 amide bonds. The SMILES string of the molecule is Cn1ccnc1-c1[c-]cccc1.[Ir+3].[c-]1ccc(-c2cccc3c2n2c4cc(Cc5cccnc5-c5[c-]cccc5)ccc4nc2n3-c2ccccc2)cc1-c1ccccn1. The van der Waals surface area contributed by atoms with Gasteiger partial charge in [0.1, 0.15) is 0 Å². The van der Waals surface area contributed by atoms with E-state index >= 15 is 0 Å². The number of para-hydroxylation sites is 2. The molecule has 0 bridgehead atoms. The number of hydrogen-bond acceptors (Lipinski definition) is 4. The largest absolute Gasteiger partial charge is 3.00 e. The molecule has 11 rings (SSSR count). The van der Waals surface area contributed by atoms with Gasteiger partial charge in [-0.05, 0) is 71.4 Å². The van der Waals surface area contributed by atoms with Gasteiger partial charge in [-0.15, -0.1) is 102 Å². The van der Waals surface area contributed by atoms with Crippen molar-refractivity contribution >= 4 is 27.8 Å². The molecule has 288 valence electrons. The summed E-state index contributed by atoms with van der Waals surface area (Å²) in [4.78, 5) is 18.8. The van der Waals surface area contributed by atoms with E-state index in [9.17, 15) is 0 Å². The summed E-state index contributed by atoms with van der Waals surface area (Å²) in [6.07, 6.45) is 8.12. The summed E-state index contributed by atoms with van der Waals surface area (Å²) in [6.45, 7) is 0. The second-order valence-electron chi connectivity index (χ2n) is 14.2. The van der Waals surface area contributed by atoms with Crippen molar-refractivity contribution in [2.45, 2.75) is 6.42 Å². The van der Waals surface area contributed by atoms with E-state index in [2.05, 4.69) is 122 Å². The molecule has 0 aliphatic rings. The van der Waals surface area contributed by atoms with E-state index in [1.807, 2.05) is 109 Å². The van der Waals surface area contributed by atoms with Crippen LogP contribution in [-0.2, 0) is 33.6 Å².